The van der Waals surface area contributed by atoms with Gasteiger partial charge < -0.3 is 9.47 Å². The lowest BCUT2D eigenvalue weighted by atomic mass is 10.2. The van der Waals surface area contributed by atoms with E-state index in [0.717, 1.165) is 19.4 Å². The second-order valence-corrected chi connectivity index (χ2v) is 3.99. The second-order valence-electron chi connectivity index (χ2n) is 3.99. The van der Waals surface area contributed by atoms with Gasteiger partial charge in [-0.2, -0.15) is 22.0 Å². The maximum absolute atomic E-state index is 13.2. The highest BCUT2D eigenvalue weighted by molar-refractivity contribution is 5.74. The lowest BCUT2D eigenvalue weighted by Crippen LogP contribution is -2.34. The molecule has 1 aromatic rings. The molecule has 1 unspecified atom stereocenters. The summed E-state index contributed by atoms with van der Waals surface area (Å²) in [7, 11) is 1.10. The highest BCUT2D eigenvalue weighted by Gasteiger charge is 2.60. The zero-order chi connectivity index (χ0) is 16.3. The van der Waals surface area contributed by atoms with Crippen molar-refractivity contribution in [2.24, 2.45) is 0 Å². The first-order valence-electron chi connectivity index (χ1n) is 5.79. The Morgan fingerprint density at radius 2 is 1.95 bits per heavy atom. The van der Waals surface area contributed by atoms with Crippen LogP contribution in [0, 0.1) is 0 Å². The molecule has 0 saturated carbocycles. The predicted octanol–water partition coefficient (Wildman–Crippen LogP) is 3.07. The van der Waals surface area contributed by atoms with Crippen molar-refractivity contribution in [2.45, 2.75) is 31.5 Å². The summed E-state index contributed by atoms with van der Waals surface area (Å²) in [5.41, 5.74) is -1.51. The first-order valence-corrected chi connectivity index (χ1v) is 5.79. The summed E-state index contributed by atoms with van der Waals surface area (Å²) in [6, 6.07) is 1.51. The third-order valence-electron chi connectivity index (χ3n) is 2.52. The molecule has 0 aliphatic rings. The number of methoxy groups -OCH3 is 1. The van der Waals surface area contributed by atoms with E-state index in [0.29, 0.717) is 6.07 Å². The van der Waals surface area contributed by atoms with Crippen LogP contribution in [0.25, 0.3) is 0 Å². The number of ether oxygens (including phenoxy) is 2. The SMILES string of the molecule is CCC(Oc1ccnc(C(F)(F)C(F)(F)F)c1)C(=O)OC. The van der Waals surface area contributed by atoms with Crippen LogP contribution < -0.4 is 4.74 Å². The van der Waals surface area contributed by atoms with Crippen LogP contribution in [0.2, 0.25) is 0 Å². The number of halogens is 5. The van der Waals surface area contributed by atoms with Gasteiger partial charge >= 0.3 is 18.1 Å². The Labute approximate surface area is 116 Å². The van der Waals surface area contributed by atoms with Gasteiger partial charge in [0.05, 0.1) is 7.11 Å². The number of aromatic nitrogens is 1. The molecule has 0 aromatic carbocycles. The minimum atomic E-state index is -5.77. The molecule has 1 rings (SSSR count). The van der Waals surface area contributed by atoms with Gasteiger partial charge in [-0.05, 0) is 12.5 Å². The molecule has 1 heterocycles. The standard InChI is InChI=1S/C12H12F5NO3/c1-3-8(10(19)20-2)21-7-4-5-18-9(6-7)11(13,14)12(15,16)17/h4-6,8H,3H2,1-2H3. The number of hydrogen-bond donors (Lipinski definition) is 0. The van der Waals surface area contributed by atoms with E-state index in [1.165, 1.54) is 0 Å². The summed E-state index contributed by atoms with van der Waals surface area (Å²) >= 11 is 0. The summed E-state index contributed by atoms with van der Waals surface area (Å²) in [6.07, 6.45) is -5.98. The van der Waals surface area contributed by atoms with Crippen molar-refractivity contribution < 1.29 is 36.2 Å². The monoisotopic (exact) mass is 313 g/mol. The Hall–Kier alpha value is -1.93. The molecule has 0 aliphatic heterocycles. The first kappa shape index (κ1) is 17.1. The average Bonchev–Trinajstić information content (AvgIpc) is 2.43. The van der Waals surface area contributed by atoms with E-state index in [1.807, 2.05) is 0 Å². The quantitative estimate of drug-likeness (QED) is 0.619. The normalized spacial score (nSPS) is 13.7. The van der Waals surface area contributed by atoms with E-state index in [-0.39, 0.29) is 12.2 Å². The van der Waals surface area contributed by atoms with Gasteiger partial charge in [-0.15, -0.1) is 0 Å². The topological polar surface area (TPSA) is 48.4 Å². The zero-order valence-corrected chi connectivity index (χ0v) is 11.1. The van der Waals surface area contributed by atoms with Gasteiger partial charge in [0.15, 0.2) is 6.10 Å². The van der Waals surface area contributed by atoms with Crippen molar-refractivity contribution in [2.75, 3.05) is 7.11 Å². The van der Waals surface area contributed by atoms with Gasteiger partial charge in [-0.25, -0.2) is 4.79 Å². The van der Waals surface area contributed by atoms with Gasteiger partial charge in [0, 0.05) is 12.3 Å². The van der Waals surface area contributed by atoms with Crippen LogP contribution in [0.15, 0.2) is 18.3 Å². The second kappa shape index (κ2) is 6.23. The highest BCUT2D eigenvalue weighted by atomic mass is 19.4. The molecule has 118 valence electrons. The molecule has 0 bridgehead atoms. The molecule has 0 spiro atoms. The summed E-state index contributed by atoms with van der Waals surface area (Å²) in [6.45, 7) is 1.56. The van der Waals surface area contributed by atoms with Gasteiger partial charge in [0.1, 0.15) is 11.4 Å². The predicted molar refractivity (Wildman–Crippen MR) is 60.9 cm³/mol. The molecule has 9 heteroatoms. The molecule has 0 saturated heterocycles. The maximum Gasteiger partial charge on any atom is 0.459 e. The number of nitrogens with zero attached hydrogens (tertiary/aromatic N) is 1. The number of alkyl halides is 5. The van der Waals surface area contributed by atoms with Crippen molar-refractivity contribution in [3.05, 3.63) is 24.0 Å². The molecule has 0 aliphatic carbocycles. The molecule has 1 aromatic heterocycles. The minimum Gasteiger partial charge on any atom is -0.479 e. The maximum atomic E-state index is 13.2. The summed E-state index contributed by atoms with van der Waals surface area (Å²) in [5, 5.41) is 0. The van der Waals surface area contributed by atoms with E-state index in [1.54, 1.807) is 6.92 Å². The molecule has 21 heavy (non-hydrogen) atoms. The summed E-state index contributed by atoms with van der Waals surface area (Å²) < 4.78 is 72.5. The smallest absolute Gasteiger partial charge is 0.459 e. The van der Waals surface area contributed by atoms with Crippen LogP contribution in [0.1, 0.15) is 19.0 Å². The lowest BCUT2D eigenvalue weighted by molar-refractivity contribution is -0.291. The third kappa shape index (κ3) is 3.79. The van der Waals surface area contributed by atoms with Crippen LogP contribution in [-0.2, 0) is 15.5 Å². The van der Waals surface area contributed by atoms with E-state index in [4.69, 9.17) is 4.74 Å². The van der Waals surface area contributed by atoms with Gasteiger partial charge in [-0.1, -0.05) is 6.92 Å². The van der Waals surface area contributed by atoms with Crippen molar-refractivity contribution in [3.63, 3.8) is 0 Å². The van der Waals surface area contributed by atoms with E-state index < -0.39 is 29.9 Å². The molecule has 0 amide bonds. The highest BCUT2D eigenvalue weighted by Crippen LogP contribution is 2.43. The van der Waals surface area contributed by atoms with Crippen LogP contribution in [0.4, 0.5) is 22.0 Å². The van der Waals surface area contributed by atoms with Gasteiger partial charge in [0.25, 0.3) is 0 Å². The Morgan fingerprint density at radius 1 is 1.33 bits per heavy atom. The largest absolute Gasteiger partial charge is 0.479 e. The van der Waals surface area contributed by atoms with Gasteiger partial charge in [-0.3, -0.25) is 4.98 Å². The number of pyridine rings is 1. The summed E-state index contributed by atoms with van der Waals surface area (Å²) in [4.78, 5) is 14.3. The van der Waals surface area contributed by atoms with Crippen LogP contribution in [-0.4, -0.2) is 30.3 Å². The van der Waals surface area contributed by atoms with Crippen molar-refractivity contribution in [1.82, 2.24) is 4.98 Å². The van der Waals surface area contributed by atoms with Crippen LogP contribution in [0.3, 0.4) is 0 Å². The molecule has 4 nitrogen and oxygen atoms in total. The number of carbonyl (C=O) groups is 1. The van der Waals surface area contributed by atoms with Crippen molar-refractivity contribution >= 4 is 5.97 Å². The Kier molecular flexibility index (Phi) is 5.08. The van der Waals surface area contributed by atoms with Crippen LogP contribution in [0.5, 0.6) is 5.75 Å². The van der Waals surface area contributed by atoms with Crippen LogP contribution >= 0.6 is 0 Å². The fourth-order valence-corrected chi connectivity index (χ4v) is 1.40. The number of hydrogen-bond acceptors (Lipinski definition) is 4. The molecule has 0 radical (unpaired) electrons. The van der Waals surface area contributed by atoms with Gasteiger partial charge in [0.2, 0.25) is 0 Å². The molecular formula is C12H12F5NO3. The molecule has 0 fully saturated rings. The Morgan fingerprint density at radius 3 is 2.43 bits per heavy atom. The van der Waals surface area contributed by atoms with E-state index in [2.05, 4.69) is 9.72 Å². The first-order chi connectivity index (χ1) is 9.63. The molecular weight excluding hydrogens is 301 g/mol. The number of carbonyl (C=O) groups excluding carboxylic acids is 1. The fourth-order valence-electron chi connectivity index (χ4n) is 1.40. The number of rotatable bonds is 5. The van der Waals surface area contributed by atoms with Crippen molar-refractivity contribution in [3.8, 4) is 5.75 Å². The lowest BCUT2D eigenvalue weighted by Gasteiger charge is -2.20. The minimum absolute atomic E-state index is 0.153. The zero-order valence-electron chi connectivity index (χ0n) is 11.1. The Bertz CT molecular complexity index is 504. The fraction of sp³-hybridized carbons (Fsp3) is 0.500. The van der Waals surface area contributed by atoms with Crippen molar-refractivity contribution in [1.29, 1.82) is 0 Å². The average molecular weight is 313 g/mol. The number of esters is 1. The Balaban J connectivity index is 3.04. The molecule has 0 N–H and O–H groups in total. The third-order valence-corrected chi connectivity index (χ3v) is 2.52. The summed E-state index contributed by atoms with van der Waals surface area (Å²) in [5.74, 6) is -6.21. The van der Waals surface area contributed by atoms with E-state index in [9.17, 15) is 26.7 Å². The van der Waals surface area contributed by atoms with E-state index >= 15 is 0 Å². The molecule has 1 atom stereocenters.